The van der Waals surface area contributed by atoms with Crippen molar-refractivity contribution in [3.05, 3.63) is 0 Å². The normalized spacial score (nSPS) is 14.0. The fraction of sp³-hybridized carbons (Fsp3) is 1.00. The van der Waals surface area contributed by atoms with Crippen molar-refractivity contribution in [2.24, 2.45) is 5.41 Å². The lowest BCUT2D eigenvalue weighted by Gasteiger charge is -2.33. The zero-order chi connectivity index (χ0) is 13.7. The Balaban J connectivity index is 4.39. The van der Waals surface area contributed by atoms with Gasteiger partial charge in [0.1, 0.15) is 0 Å². The van der Waals surface area contributed by atoms with Gasteiger partial charge in [-0.1, -0.05) is 27.7 Å². The molecule has 0 bridgehead atoms. The maximum atomic E-state index is 11.9. The molecule has 2 N–H and O–H groups in total. The van der Waals surface area contributed by atoms with Crippen molar-refractivity contribution in [1.82, 2.24) is 10.0 Å². The summed E-state index contributed by atoms with van der Waals surface area (Å²) in [6, 6.07) is 0. The zero-order valence-corrected chi connectivity index (χ0v) is 12.9. The molecule has 0 fully saturated rings. The van der Waals surface area contributed by atoms with Crippen LogP contribution in [0.1, 0.15) is 48.0 Å². The lowest BCUT2D eigenvalue weighted by molar-refractivity contribution is 0.269. The minimum Gasteiger partial charge on any atom is -0.316 e. The molecule has 0 amide bonds. The van der Waals surface area contributed by atoms with E-state index in [4.69, 9.17) is 0 Å². The SMILES string of the molecule is CCNCCS(=O)(=O)NC(C)(C)CC(C)(C)C. The standard InChI is InChI=1S/C12H28N2O2S/c1-7-13-8-9-17(15,16)14-12(5,6)10-11(2,3)4/h13-14H,7-10H2,1-6H3. The Morgan fingerprint density at radius 1 is 1.06 bits per heavy atom. The molecule has 0 aromatic rings. The second kappa shape index (κ2) is 6.16. The van der Waals surface area contributed by atoms with E-state index >= 15 is 0 Å². The third-order valence-electron chi connectivity index (χ3n) is 2.20. The number of nitrogens with one attached hydrogen (secondary N) is 2. The van der Waals surface area contributed by atoms with Crippen molar-refractivity contribution in [3.63, 3.8) is 0 Å². The van der Waals surface area contributed by atoms with Gasteiger partial charge in [0, 0.05) is 12.1 Å². The molecular weight excluding hydrogens is 236 g/mol. The van der Waals surface area contributed by atoms with Crippen LogP contribution in [-0.2, 0) is 10.0 Å². The molecule has 0 atom stereocenters. The van der Waals surface area contributed by atoms with Gasteiger partial charge in [-0.25, -0.2) is 13.1 Å². The molecule has 0 aliphatic rings. The van der Waals surface area contributed by atoms with Gasteiger partial charge < -0.3 is 5.32 Å². The van der Waals surface area contributed by atoms with E-state index in [2.05, 4.69) is 30.8 Å². The maximum Gasteiger partial charge on any atom is 0.213 e. The van der Waals surface area contributed by atoms with Gasteiger partial charge in [0.2, 0.25) is 10.0 Å². The van der Waals surface area contributed by atoms with Gasteiger partial charge in [-0.05, 0) is 32.2 Å². The van der Waals surface area contributed by atoms with Crippen molar-refractivity contribution in [1.29, 1.82) is 0 Å². The van der Waals surface area contributed by atoms with Gasteiger partial charge in [0.25, 0.3) is 0 Å². The van der Waals surface area contributed by atoms with Crippen molar-refractivity contribution >= 4 is 10.0 Å². The topological polar surface area (TPSA) is 58.2 Å². The summed E-state index contributed by atoms with van der Waals surface area (Å²) in [6.07, 6.45) is 0.806. The highest BCUT2D eigenvalue weighted by Gasteiger charge is 2.29. The number of sulfonamides is 1. The molecule has 5 heteroatoms. The fourth-order valence-electron chi connectivity index (χ4n) is 2.22. The predicted octanol–water partition coefficient (Wildman–Crippen LogP) is 1.73. The molecule has 0 radical (unpaired) electrons. The Morgan fingerprint density at radius 2 is 1.59 bits per heavy atom. The highest BCUT2D eigenvalue weighted by molar-refractivity contribution is 7.89. The highest BCUT2D eigenvalue weighted by atomic mass is 32.2. The first kappa shape index (κ1) is 16.9. The summed E-state index contributed by atoms with van der Waals surface area (Å²) in [7, 11) is -3.20. The summed E-state index contributed by atoms with van der Waals surface area (Å²) < 4.78 is 26.5. The largest absolute Gasteiger partial charge is 0.316 e. The van der Waals surface area contributed by atoms with Gasteiger partial charge in [-0.3, -0.25) is 0 Å². The molecule has 4 nitrogen and oxygen atoms in total. The summed E-state index contributed by atoms with van der Waals surface area (Å²) in [4.78, 5) is 0. The Hall–Kier alpha value is -0.130. The van der Waals surface area contributed by atoms with E-state index in [1.165, 1.54) is 0 Å². The average molecular weight is 264 g/mol. The summed E-state index contributed by atoms with van der Waals surface area (Å²) in [6.45, 7) is 13.5. The lowest BCUT2D eigenvalue weighted by atomic mass is 9.82. The van der Waals surface area contributed by atoms with Crippen LogP contribution >= 0.6 is 0 Å². The Bertz CT molecular complexity index is 316. The molecule has 0 saturated heterocycles. The van der Waals surface area contributed by atoms with Crippen LogP contribution in [0.25, 0.3) is 0 Å². The van der Waals surface area contributed by atoms with Crippen LogP contribution in [0.3, 0.4) is 0 Å². The first-order chi connectivity index (χ1) is 7.47. The van der Waals surface area contributed by atoms with Crippen LogP contribution in [0.15, 0.2) is 0 Å². The van der Waals surface area contributed by atoms with E-state index < -0.39 is 15.6 Å². The van der Waals surface area contributed by atoms with E-state index in [1.807, 2.05) is 20.8 Å². The molecule has 0 spiro atoms. The average Bonchev–Trinajstić information content (AvgIpc) is 1.96. The van der Waals surface area contributed by atoms with Crippen molar-refractivity contribution in [2.75, 3.05) is 18.8 Å². The fourth-order valence-corrected chi connectivity index (χ4v) is 3.65. The monoisotopic (exact) mass is 264 g/mol. The van der Waals surface area contributed by atoms with E-state index in [0.717, 1.165) is 13.0 Å². The van der Waals surface area contributed by atoms with Crippen molar-refractivity contribution < 1.29 is 8.42 Å². The van der Waals surface area contributed by atoms with E-state index in [9.17, 15) is 8.42 Å². The van der Waals surface area contributed by atoms with Gasteiger partial charge in [-0.15, -0.1) is 0 Å². The summed E-state index contributed by atoms with van der Waals surface area (Å²) >= 11 is 0. The smallest absolute Gasteiger partial charge is 0.213 e. The molecule has 0 heterocycles. The minimum atomic E-state index is -3.20. The number of rotatable bonds is 7. The van der Waals surface area contributed by atoms with E-state index in [0.29, 0.717) is 6.54 Å². The number of hydrogen-bond donors (Lipinski definition) is 2. The second-order valence-electron chi connectivity index (χ2n) is 6.40. The quantitative estimate of drug-likeness (QED) is 0.689. The molecule has 0 aromatic heterocycles. The molecule has 0 rings (SSSR count). The molecule has 0 aromatic carbocycles. The third kappa shape index (κ3) is 9.56. The molecule has 0 unspecified atom stereocenters. The Labute approximate surface area is 107 Å². The Kier molecular flexibility index (Phi) is 6.11. The van der Waals surface area contributed by atoms with Gasteiger partial charge >= 0.3 is 0 Å². The second-order valence-corrected chi connectivity index (χ2v) is 8.24. The van der Waals surface area contributed by atoms with Crippen LogP contribution < -0.4 is 10.0 Å². The molecule has 0 saturated carbocycles. The van der Waals surface area contributed by atoms with Crippen LogP contribution in [-0.4, -0.2) is 32.8 Å². The van der Waals surface area contributed by atoms with Gasteiger partial charge in [0.05, 0.1) is 5.75 Å². The third-order valence-corrected chi connectivity index (χ3v) is 3.81. The predicted molar refractivity (Wildman–Crippen MR) is 73.6 cm³/mol. The first-order valence-electron chi connectivity index (χ1n) is 6.20. The van der Waals surface area contributed by atoms with Gasteiger partial charge in [0.15, 0.2) is 0 Å². The van der Waals surface area contributed by atoms with Crippen LogP contribution in [0.4, 0.5) is 0 Å². The summed E-state index contributed by atoms with van der Waals surface area (Å²) in [5, 5.41) is 3.02. The highest BCUT2D eigenvalue weighted by Crippen LogP contribution is 2.27. The maximum absolute atomic E-state index is 11.9. The lowest BCUT2D eigenvalue weighted by Crippen LogP contribution is -2.47. The molecule has 0 aliphatic heterocycles. The first-order valence-corrected chi connectivity index (χ1v) is 7.85. The molecule has 104 valence electrons. The number of hydrogen-bond acceptors (Lipinski definition) is 3. The molecule has 17 heavy (non-hydrogen) atoms. The minimum absolute atomic E-state index is 0.105. The molecular formula is C12H28N2O2S. The van der Waals surface area contributed by atoms with Crippen LogP contribution in [0.2, 0.25) is 0 Å². The van der Waals surface area contributed by atoms with Crippen molar-refractivity contribution in [2.45, 2.75) is 53.5 Å². The summed E-state index contributed by atoms with van der Waals surface area (Å²) in [5.74, 6) is 0.133. The molecule has 0 aliphatic carbocycles. The zero-order valence-electron chi connectivity index (χ0n) is 12.1. The van der Waals surface area contributed by atoms with Crippen LogP contribution in [0, 0.1) is 5.41 Å². The Morgan fingerprint density at radius 3 is 2.00 bits per heavy atom. The van der Waals surface area contributed by atoms with Gasteiger partial charge in [-0.2, -0.15) is 0 Å². The van der Waals surface area contributed by atoms with E-state index in [1.54, 1.807) is 0 Å². The van der Waals surface area contributed by atoms with E-state index in [-0.39, 0.29) is 11.2 Å². The van der Waals surface area contributed by atoms with Crippen LogP contribution in [0.5, 0.6) is 0 Å². The van der Waals surface area contributed by atoms with Crippen molar-refractivity contribution in [3.8, 4) is 0 Å². The summed E-state index contributed by atoms with van der Waals surface area (Å²) in [5.41, 5.74) is -0.295.